The number of hydrogen-bond donors (Lipinski definition) is 1. The van der Waals surface area contributed by atoms with Crippen molar-refractivity contribution in [1.29, 1.82) is 0 Å². The number of ether oxygens (including phenoxy) is 1. The molecule has 0 bridgehead atoms. The van der Waals surface area contributed by atoms with Gasteiger partial charge < -0.3 is 14.6 Å². The van der Waals surface area contributed by atoms with Crippen molar-refractivity contribution < 1.29 is 22.7 Å². The Balaban J connectivity index is 1.66. The number of carbonyl (C=O) groups excluding carboxylic acids is 1. The van der Waals surface area contributed by atoms with E-state index in [1.807, 2.05) is 10.8 Å². The average molecular weight is 328 g/mol. The number of hydrogen-bond acceptors (Lipinski definition) is 4. The molecular weight excluding hydrogens is 313 g/mol. The summed E-state index contributed by atoms with van der Waals surface area (Å²) in [7, 11) is 0. The number of pyridine rings is 1. The van der Waals surface area contributed by atoms with Gasteiger partial charge in [0.05, 0.1) is 25.1 Å². The van der Waals surface area contributed by atoms with Gasteiger partial charge in [0.25, 0.3) is 5.91 Å². The van der Waals surface area contributed by atoms with Gasteiger partial charge in [-0.15, -0.1) is 0 Å². The van der Waals surface area contributed by atoms with Gasteiger partial charge in [-0.05, 0) is 12.1 Å². The summed E-state index contributed by atoms with van der Waals surface area (Å²) in [6, 6.07) is 1.86. The van der Waals surface area contributed by atoms with Crippen LogP contribution in [0.15, 0.2) is 37.1 Å². The zero-order valence-corrected chi connectivity index (χ0v) is 12.1. The number of aromatic nitrogens is 3. The second-order valence-corrected chi connectivity index (χ2v) is 4.60. The Hall–Kier alpha value is -2.42. The fourth-order valence-corrected chi connectivity index (χ4v) is 1.73. The SMILES string of the molecule is O=C(NCCOCCn1ccnc1)c1ccc(C(F)(F)F)nc1. The van der Waals surface area contributed by atoms with Gasteiger partial charge in [0.15, 0.2) is 0 Å². The van der Waals surface area contributed by atoms with Crippen LogP contribution >= 0.6 is 0 Å². The van der Waals surface area contributed by atoms with Crippen LogP contribution < -0.4 is 5.32 Å². The number of nitrogens with zero attached hydrogens (tertiary/aromatic N) is 3. The van der Waals surface area contributed by atoms with Gasteiger partial charge in [-0.1, -0.05) is 0 Å². The van der Waals surface area contributed by atoms with Crippen molar-refractivity contribution in [2.45, 2.75) is 12.7 Å². The molecule has 6 nitrogen and oxygen atoms in total. The minimum atomic E-state index is -4.52. The van der Waals surface area contributed by atoms with Crippen molar-refractivity contribution in [3.05, 3.63) is 48.3 Å². The molecule has 0 aliphatic heterocycles. The quantitative estimate of drug-likeness (QED) is 0.786. The summed E-state index contributed by atoms with van der Waals surface area (Å²) in [6.45, 7) is 1.67. The molecule has 2 aromatic heterocycles. The highest BCUT2D eigenvalue weighted by Crippen LogP contribution is 2.27. The van der Waals surface area contributed by atoms with Crippen LogP contribution in [0, 0.1) is 0 Å². The second-order valence-electron chi connectivity index (χ2n) is 4.60. The molecule has 2 rings (SSSR count). The molecule has 2 aromatic rings. The summed E-state index contributed by atoms with van der Waals surface area (Å²) < 4.78 is 44.3. The number of rotatable bonds is 7. The van der Waals surface area contributed by atoms with Gasteiger partial charge in [0, 0.05) is 31.7 Å². The van der Waals surface area contributed by atoms with Gasteiger partial charge in [0.1, 0.15) is 5.69 Å². The molecule has 0 aliphatic carbocycles. The molecule has 0 unspecified atom stereocenters. The van der Waals surface area contributed by atoms with Crippen molar-refractivity contribution in [3.8, 4) is 0 Å². The Morgan fingerprint density at radius 3 is 2.74 bits per heavy atom. The maximum Gasteiger partial charge on any atom is 0.433 e. The fraction of sp³-hybridized carbons (Fsp3) is 0.357. The van der Waals surface area contributed by atoms with E-state index in [0.29, 0.717) is 19.8 Å². The lowest BCUT2D eigenvalue weighted by atomic mass is 10.2. The fourth-order valence-electron chi connectivity index (χ4n) is 1.73. The zero-order chi connectivity index (χ0) is 16.7. The number of carbonyl (C=O) groups is 1. The molecule has 0 atom stereocenters. The Morgan fingerprint density at radius 2 is 2.13 bits per heavy atom. The number of alkyl halides is 3. The van der Waals surface area contributed by atoms with Crippen molar-refractivity contribution in [2.75, 3.05) is 19.8 Å². The lowest BCUT2D eigenvalue weighted by Crippen LogP contribution is -2.27. The molecule has 0 aromatic carbocycles. The van der Waals surface area contributed by atoms with Gasteiger partial charge in [-0.3, -0.25) is 9.78 Å². The van der Waals surface area contributed by atoms with Crippen molar-refractivity contribution in [1.82, 2.24) is 19.9 Å². The molecular formula is C14H15F3N4O2. The molecule has 0 aliphatic rings. The Kier molecular flexibility index (Phi) is 5.69. The molecule has 0 radical (unpaired) electrons. The van der Waals surface area contributed by atoms with E-state index in [2.05, 4.69) is 15.3 Å². The minimum absolute atomic E-state index is 0.0661. The van der Waals surface area contributed by atoms with E-state index < -0.39 is 17.8 Å². The first-order chi connectivity index (χ1) is 11.0. The van der Waals surface area contributed by atoms with E-state index in [4.69, 9.17) is 4.74 Å². The Bertz CT molecular complexity index is 612. The van der Waals surface area contributed by atoms with E-state index in [0.717, 1.165) is 18.3 Å². The lowest BCUT2D eigenvalue weighted by molar-refractivity contribution is -0.141. The van der Waals surface area contributed by atoms with Crippen LogP contribution in [0.5, 0.6) is 0 Å². The summed E-state index contributed by atoms with van der Waals surface area (Å²) in [5, 5.41) is 2.55. The molecule has 2 heterocycles. The molecule has 0 fully saturated rings. The third kappa shape index (κ3) is 5.37. The molecule has 1 amide bonds. The highest BCUT2D eigenvalue weighted by atomic mass is 19.4. The summed E-state index contributed by atoms with van der Waals surface area (Å²) in [6.07, 6.45) is 1.53. The standard InChI is InChI=1S/C14H15F3N4O2/c15-14(16,17)12-2-1-11(9-20-12)13(22)19-4-7-23-8-6-21-5-3-18-10-21/h1-3,5,9-10H,4,6-8H2,(H,19,22). The average Bonchev–Trinajstić information content (AvgIpc) is 3.03. The first kappa shape index (κ1) is 16.9. The van der Waals surface area contributed by atoms with Crippen LogP contribution in [0.3, 0.4) is 0 Å². The monoisotopic (exact) mass is 328 g/mol. The van der Waals surface area contributed by atoms with Gasteiger partial charge >= 0.3 is 6.18 Å². The third-order valence-corrected chi connectivity index (χ3v) is 2.90. The number of nitrogens with one attached hydrogen (secondary N) is 1. The number of amides is 1. The lowest BCUT2D eigenvalue weighted by Gasteiger charge is -2.08. The summed E-state index contributed by atoms with van der Waals surface area (Å²) >= 11 is 0. The van der Waals surface area contributed by atoms with Crippen LogP contribution in [0.4, 0.5) is 13.2 Å². The summed E-state index contributed by atoms with van der Waals surface area (Å²) in [4.78, 5) is 18.8. The van der Waals surface area contributed by atoms with Crippen LogP contribution in [0.25, 0.3) is 0 Å². The highest BCUT2D eigenvalue weighted by molar-refractivity contribution is 5.93. The first-order valence-corrected chi connectivity index (χ1v) is 6.82. The number of imidazole rings is 1. The summed E-state index contributed by atoms with van der Waals surface area (Å²) in [5.74, 6) is -0.496. The largest absolute Gasteiger partial charge is 0.433 e. The van der Waals surface area contributed by atoms with E-state index in [9.17, 15) is 18.0 Å². The van der Waals surface area contributed by atoms with Crippen LogP contribution in [0.1, 0.15) is 16.1 Å². The van der Waals surface area contributed by atoms with Gasteiger partial charge in [0.2, 0.25) is 0 Å². The number of halogens is 3. The molecule has 124 valence electrons. The first-order valence-electron chi connectivity index (χ1n) is 6.82. The van der Waals surface area contributed by atoms with Gasteiger partial charge in [-0.25, -0.2) is 4.98 Å². The van der Waals surface area contributed by atoms with Crippen LogP contribution in [0.2, 0.25) is 0 Å². The van der Waals surface area contributed by atoms with Crippen LogP contribution in [-0.4, -0.2) is 40.2 Å². The topological polar surface area (TPSA) is 69.0 Å². The normalized spacial score (nSPS) is 11.4. The summed E-state index contributed by atoms with van der Waals surface area (Å²) in [5.41, 5.74) is -0.965. The molecule has 9 heteroatoms. The third-order valence-electron chi connectivity index (χ3n) is 2.90. The zero-order valence-electron chi connectivity index (χ0n) is 12.1. The maximum atomic E-state index is 12.4. The molecule has 0 saturated heterocycles. The minimum Gasteiger partial charge on any atom is -0.378 e. The van der Waals surface area contributed by atoms with E-state index in [-0.39, 0.29) is 12.1 Å². The second kappa shape index (κ2) is 7.73. The molecule has 0 spiro atoms. The molecule has 23 heavy (non-hydrogen) atoms. The smallest absolute Gasteiger partial charge is 0.378 e. The van der Waals surface area contributed by atoms with E-state index in [1.54, 1.807) is 12.5 Å². The maximum absolute atomic E-state index is 12.4. The van der Waals surface area contributed by atoms with Crippen molar-refractivity contribution >= 4 is 5.91 Å². The molecule has 0 saturated carbocycles. The highest BCUT2D eigenvalue weighted by Gasteiger charge is 2.32. The van der Waals surface area contributed by atoms with E-state index in [1.165, 1.54) is 0 Å². The molecule has 1 N–H and O–H groups in total. The van der Waals surface area contributed by atoms with E-state index >= 15 is 0 Å². The predicted molar refractivity (Wildman–Crippen MR) is 74.6 cm³/mol. The Labute approximate surface area is 130 Å². The van der Waals surface area contributed by atoms with Crippen molar-refractivity contribution in [3.63, 3.8) is 0 Å². The van der Waals surface area contributed by atoms with Crippen LogP contribution in [-0.2, 0) is 17.5 Å². The van der Waals surface area contributed by atoms with Crippen molar-refractivity contribution in [2.24, 2.45) is 0 Å². The Morgan fingerprint density at radius 1 is 1.30 bits per heavy atom. The predicted octanol–water partition coefficient (Wildman–Crippen LogP) is 1.74. The van der Waals surface area contributed by atoms with Gasteiger partial charge in [-0.2, -0.15) is 13.2 Å².